The molecule has 1 aromatic carbocycles. The van der Waals surface area contributed by atoms with E-state index >= 15 is 0 Å². The van der Waals surface area contributed by atoms with E-state index in [4.69, 9.17) is 0 Å². The monoisotopic (exact) mass is 229 g/mol. The number of benzene rings is 1. The summed E-state index contributed by atoms with van der Waals surface area (Å²) in [6.45, 7) is 9.38. The van der Waals surface area contributed by atoms with E-state index in [1.165, 1.54) is 5.56 Å². The Kier molecular flexibility index (Phi) is 3.08. The van der Waals surface area contributed by atoms with Gasteiger partial charge in [0.2, 0.25) is 0 Å². The van der Waals surface area contributed by atoms with Crippen molar-refractivity contribution in [2.75, 3.05) is 24.5 Å². The zero-order valence-corrected chi connectivity index (χ0v) is 10.7. The Balaban J connectivity index is 2.49. The zero-order chi connectivity index (χ0) is 12.5. The second-order valence-corrected chi connectivity index (χ2v) is 5.22. The van der Waals surface area contributed by atoms with Gasteiger partial charge in [-0.3, -0.25) is 0 Å². The first-order valence-corrected chi connectivity index (χ1v) is 6.04. The normalized spacial score (nSPS) is 18.8. The van der Waals surface area contributed by atoms with Crippen molar-refractivity contribution in [2.45, 2.75) is 26.3 Å². The highest BCUT2D eigenvalue weighted by atomic mass is 15.3. The van der Waals surface area contributed by atoms with Crippen molar-refractivity contribution in [1.29, 1.82) is 5.26 Å². The summed E-state index contributed by atoms with van der Waals surface area (Å²) in [6.07, 6.45) is 0. The minimum atomic E-state index is 0.0516. The molecule has 1 aliphatic rings. The Morgan fingerprint density at radius 1 is 1.41 bits per heavy atom. The number of nitrogens with one attached hydrogen (secondary N) is 1. The van der Waals surface area contributed by atoms with Gasteiger partial charge >= 0.3 is 0 Å². The summed E-state index contributed by atoms with van der Waals surface area (Å²) >= 11 is 0. The average Bonchev–Trinajstić information content (AvgIpc) is 2.29. The Labute approximate surface area is 103 Å². The van der Waals surface area contributed by atoms with Crippen LogP contribution in [0.25, 0.3) is 0 Å². The number of para-hydroxylation sites is 1. The maximum absolute atomic E-state index is 9.25. The molecule has 1 fully saturated rings. The first-order chi connectivity index (χ1) is 8.06. The molecule has 1 aromatic rings. The Morgan fingerprint density at radius 3 is 2.82 bits per heavy atom. The minimum Gasteiger partial charge on any atom is -0.363 e. The van der Waals surface area contributed by atoms with Crippen LogP contribution in [0.4, 0.5) is 5.69 Å². The number of piperazine rings is 1. The van der Waals surface area contributed by atoms with Gasteiger partial charge in [0.15, 0.2) is 0 Å². The highest BCUT2D eigenvalue weighted by Crippen LogP contribution is 2.31. The van der Waals surface area contributed by atoms with E-state index in [-0.39, 0.29) is 5.54 Å². The van der Waals surface area contributed by atoms with Gasteiger partial charge in [-0.05, 0) is 32.4 Å². The Bertz CT molecular complexity index is 457. The molecule has 1 heterocycles. The molecule has 1 saturated heterocycles. The lowest BCUT2D eigenvalue weighted by Gasteiger charge is -2.45. The Morgan fingerprint density at radius 2 is 2.18 bits per heavy atom. The predicted molar refractivity (Wildman–Crippen MR) is 70.2 cm³/mol. The van der Waals surface area contributed by atoms with E-state index in [1.807, 2.05) is 12.1 Å². The van der Waals surface area contributed by atoms with Crippen LogP contribution in [0.2, 0.25) is 0 Å². The summed E-state index contributed by atoms with van der Waals surface area (Å²) in [5, 5.41) is 12.7. The standard InChI is InChI=1S/C14H19N3/c1-11-5-4-6-12(9-15)13(11)17-8-7-16-10-14(17,2)3/h4-6,16H,7-8,10H2,1-3H3. The van der Waals surface area contributed by atoms with Gasteiger partial charge < -0.3 is 10.2 Å². The average molecular weight is 229 g/mol. The van der Waals surface area contributed by atoms with Crippen molar-refractivity contribution in [3.63, 3.8) is 0 Å². The number of rotatable bonds is 1. The predicted octanol–water partition coefficient (Wildman–Crippen LogP) is 2.05. The van der Waals surface area contributed by atoms with Crippen molar-refractivity contribution >= 4 is 5.69 Å². The molecule has 2 rings (SSSR count). The van der Waals surface area contributed by atoms with Gasteiger partial charge in [0.05, 0.1) is 11.3 Å². The zero-order valence-electron chi connectivity index (χ0n) is 10.7. The third kappa shape index (κ3) is 2.13. The van der Waals surface area contributed by atoms with Crippen molar-refractivity contribution in [2.24, 2.45) is 0 Å². The van der Waals surface area contributed by atoms with E-state index in [1.54, 1.807) is 0 Å². The van der Waals surface area contributed by atoms with Gasteiger partial charge in [-0.1, -0.05) is 12.1 Å². The first kappa shape index (κ1) is 11.9. The summed E-state index contributed by atoms with van der Waals surface area (Å²) in [6, 6.07) is 8.24. The molecule has 3 nitrogen and oxygen atoms in total. The molecule has 0 aliphatic carbocycles. The molecule has 1 aliphatic heterocycles. The first-order valence-electron chi connectivity index (χ1n) is 6.04. The highest BCUT2D eigenvalue weighted by Gasteiger charge is 2.31. The maximum atomic E-state index is 9.25. The molecule has 0 saturated carbocycles. The summed E-state index contributed by atoms with van der Waals surface area (Å²) in [7, 11) is 0. The minimum absolute atomic E-state index is 0.0516. The molecule has 0 radical (unpaired) electrons. The van der Waals surface area contributed by atoms with Crippen molar-refractivity contribution in [1.82, 2.24) is 5.32 Å². The second kappa shape index (κ2) is 4.38. The topological polar surface area (TPSA) is 39.1 Å². The molecular formula is C14H19N3. The van der Waals surface area contributed by atoms with E-state index in [0.717, 1.165) is 30.9 Å². The van der Waals surface area contributed by atoms with E-state index in [2.05, 4.69) is 43.1 Å². The fourth-order valence-electron chi connectivity index (χ4n) is 2.51. The molecule has 0 unspecified atom stereocenters. The quantitative estimate of drug-likeness (QED) is 0.801. The lowest BCUT2D eigenvalue weighted by Crippen LogP contribution is -2.58. The van der Waals surface area contributed by atoms with Crippen LogP contribution in [0.1, 0.15) is 25.0 Å². The Hall–Kier alpha value is -1.53. The van der Waals surface area contributed by atoms with E-state index < -0.39 is 0 Å². The number of aryl methyl sites for hydroxylation is 1. The van der Waals surface area contributed by atoms with Crippen LogP contribution in [-0.2, 0) is 0 Å². The molecule has 0 aromatic heterocycles. The van der Waals surface area contributed by atoms with Crippen molar-refractivity contribution < 1.29 is 0 Å². The van der Waals surface area contributed by atoms with E-state index in [9.17, 15) is 5.26 Å². The number of hydrogen-bond donors (Lipinski definition) is 1. The fourth-order valence-corrected chi connectivity index (χ4v) is 2.51. The summed E-state index contributed by atoms with van der Waals surface area (Å²) < 4.78 is 0. The molecule has 17 heavy (non-hydrogen) atoms. The molecule has 0 spiro atoms. The van der Waals surface area contributed by atoms with E-state index in [0.29, 0.717) is 0 Å². The van der Waals surface area contributed by atoms with Crippen LogP contribution in [0.3, 0.4) is 0 Å². The number of nitrogens with zero attached hydrogens (tertiary/aromatic N) is 2. The highest BCUT2D eigenvalue weighted by molar-refractivity contribution is 5.65. The smallest absolute Gasteiger partial charge is 0.101 e. The van der Waals surface area contributed by atoms with Gasteiger partial charge in [0, 0.05) is 25.2 Å². The van der Waals surface area contributed by atoms with Crippen LogP contribution in [0.5, 0.6) is 0 Å². The van der Waals surface area contributed by atoms with Crippen LogP contribution >= 0.6 is 0 Å². The molecular weight excluding hydrogens is 210 g/mol. The number of hydrogen-bond acceptors (Lipinski definition) is 3. The molecule has 0 amide bonds. The van der Waals surface area contributed by atoms with Gasteiger partial charge in [0.1, 0.15) is 6.07 Å². The van der Waals surface area contributed by atoms with Crippen LogP contribution in [0, 0.1) is 18.3 Å². The molecule has 3 heteroatoms. The van der Waals surface area contributed by atoms with Crippen LogP contribution in [-0.4, -0.2) is 25.2 Å². The largest absolute Gasteiger partial charge is 0.363 e. The molecule has 0 atom stereocenters. The van der Waals surface area contributed by atoms with Crippen LogP contribution in [0.15, 0.2) is 18.2 Å². The maximum Gasteiger partial charge on any atom is 0.101 e. The SMILES string of the molecule is Cc1cccc(C#N)c1N1CCNCC1(C)C. The molecule has 1 N–H and O–H groups in total. The van der Waals surface area contributed by atoms with Gasteiger partial charge in [-0.2, -0.15) is 5.26 Å². The third-order valence-electron chi connectivity index (χ3n) is 3.43. The summed E-state index contributed by atoms with van der Waals surface area (Å²) in [4.78, 5) is 2.36. The van der Waals surface area contributed by atoms with Gasteiger partial charge in [-0.15, -0.1) is 0 Å². The van der Waals surface area contributed by atoms with Gasteiger partial charge in [0.25, 0.3) is 0 Å². The summed E-state index contributed by atoms with van der Waals surface area (Å²) in [5.74, 6) is 0. The van der Waals surface area contributed by atoms with Crippen LogP contribution < -0.4 is 10.2 Å². The number of anilines is 1. The third-order valence-corrected chi connectivity index (χ3v) is 3.43. The molecule has 90 valence electrons. The van der Waals surface area contributed by atoms with Crippen molar-refractivity contribution in [3.8, 4) is 6.07 Å². The summed E-state index contributed by atoms with van der Waals surface area (Å²) in [5.41, 5.74) is 3.11. The fraction of sp³-hybridized carbons (Fsp3) is 0.500. The number of nitriles is 1. The molecule has 0 bridgehead atoms. The second-order valence-electron chi connectivity index (χ2n) is 5.22. The lowest BCUT2D eigenvalue weighted by molar-refractivity contribution is 0.380. The lowest BCUT2D eigenvalue weighted by atomic mass is 9.96. The van der Waals surface area contributed by atoms with Gasteiger partial charge in [-0.25, -0.2) is 0 Å². The van der Waals surface area contributed by atoms with Crippen molar-refractivity contribution in [3.05, 3.63) is 29.3 Å².